The van der Waals surface area contributed by atoms with Gasteiger partial charge in [0.25, 0.3) is 0 Å². The zero-order chi connectivity index (χ0) is 15.0. The van der Waals surface area contributed by atoms with Gasteiger partial charge < -0.3 is 9.84 Å². The Bertz CT molecular complexity index is 523. The second-order valence-electron chi connectivity index (χ2n) is 6.56. The van der Waals surface area contributed by atoms with Crippen molar-refractivity contribution in [1.29, 1.82) is 0 Å². The molecule has 0 aromatic carbocycles. The molecule has 1 aromatic rings. The van der Waals surface area contributed by atoms with Gasteiger partial charge in [-0.25, -0.2) is 0 Å². The van der Waals surface area contributed by atoms with Gasteiger partial charge in [-0.2, -0.15) is 5.10 Å². The third-order valence-electron chi connectivity index (χ3n) is 5.07. The van der Waals surface area contributed by atoms with Crippen molar-refractivity contribution in [3.05, 3.63) is 18.0 Å². The van der Waals surface area contributed by atoms with Gasteiger partial charge in [0.15, 0.2) is 0 Å². The Hall–Kier alpha value is -1.36. The maximum Gasteiger partial charge on any atom is 0.312 e. The molecule has 0 radical (unpaired) electrons. The Balaban J connectivity index is 1.82. The minimum atomic E-state index is -0.782. The fourth-order valence-corrected chi connectivity index (χ4v) is 3.38. The molecule has 0 spiro atoms. The highest BCUT2D eigenvalue weighted by molar-refractivity contribution is 5.76. The fraction of sp³-hybridized carbons (Fsp3) is 0.750. The molecule has 5 nitrogen and oxygen atoms in total. The van der Waals surface area contributed by atoms with Gasteiger partial charge in [0.1, 0.15) is 5.41 Å². The minimum absolute atomic E-state index is 0.135. The monoisotopic (exact) mass is 292 g/mol. The van der Waals surface area contributed by atoms with Gasteiger partial charge >= 0.3 is 5.97 Å². The predicted octanol–water partition coefficient (Wildman–Crippen LogP) is 2.67. The van der Waals surface area contributed by atoms with Crippen molar-refractivity contribution in [2.24, 2.45) is 11.3 Å². The summed E-state index contributed by atoms with van der Waals surface area (Å²) < 4.78 is 7.72. The third kappa shape index (κ3) is 2.59. The maximum atomic E-state index is 12.0. The molecule has 0 bridgehead atoms. The van der Waals surface area contributed by atoms with Gasteiger partial charge in [-0.15, -0.1) is 0 Å². The summed E-state index contributed by atoms with van der Waals surface area (Å²) in [6, 6.07) is 2.30. The number of carboxylic acid groups (broad SMARTS) is 1. The quantitative estimate of drug-likeness (QED) is 0.875. The van der Waals surface area contributed by atoms with Crippen molar-refractivity contribution in [2.45, 2.75) is 58.1 Å². The van der Waals surface area contributed by atoms with E-state index in [1.807, 2.05) is 16.9 Å². The average molecular weight is 292 g/mol. The van der Waals surface area contributed by atoms with Crippen molar-refractivity contribution >= 4 is 5.97 Å². The summed E-state index contributed by atoms with van der Waals surface area (Å²) in [5.74, 6) is -0.296. The van der Waals surface area contributed by atoms with E-state index in [0.717, 1.165) is 25.0 Å². The molecule has 1 aliphatic carbocycles. The first kappa shape index (κ1) is 14.6. The summed E-state index contributed by atoms with van der Waals surface area (Å²) in [5.41, 5.74) is 0.0874. The van der Waals surface area contributed by atoms with E-state index in [4.69, 9.17) is 4.74 Å². The van der Waals surface area contributed by atoms with Crippen LogP contribution in [0.4, 0.5) is 0 Å². The number of ether oxygens (including phenoxy) is 1. The molecule has 1 aliphatic heterocycles. The topological polar surface area (TPSA) is 64.4 Å². The Morgan fingerprint density at radius 2 is 2.38 bits per heavy atom. The van der Waals surface area contributed by atoms with Crippen LogP contribution in [0.3, 0.4) is 0 Å². The number of hydrogen-bond acceptors (Lipinski definition) is 3. The Morgan fingerprint density at radius 1 is 1.62 bits per heavy atom. The summed E-state index contributed by atoms with van der Waals surface area (Å²) in [4.78, 5) is 12.0. The number of hydrogen-bond donors (Lipinski definition) is 1. The predicted molar refractivity (Wildman–Crippen MR) is 78.1 cm³/mol. The molecule has 3 unspecified atom stereocenters. The average Bonchev–Trinajstić information content (AvgIpc) is 3.05. The molecule has 116 valence electrons. The van der Waals surface area contributed by atoms with E-state index < -0.39 is 11.4 Å². The van der Waals surface area contributed by atoms with E-state index in [1.165, 1.54) is 0 Å². The summed E-state index contributed by atoms with van der Waals surface area (Å²) in [7, 11) is 0. The van der Waals surface area contributed by atoms with Crippen molar-refractivity contribution in [1.82, 2.24) is 9.78 Å². The third-order valence-corrected chi connectivity index (χ3v) is 5.07. The normalized spacial score (nSPS) is 30.5. The molecule has 2 aliphatic rings. The highest BCUT2D eigenvalue weighted by atomic mass is 16.5. The SMILES string of the molecule is CCC(C)n1ccc(CC2(C(=O)O)CCOC2C2CC2)n1. The molecule has 2 fully saturated rings. The number of nitrogens with zero attached hydrogens (tertiary/aromatic N) is 2. The number of aromatic nitrogens is 2. The van der Waals surface area contributed by atoms with E-state index in [1.54, 1.807) is 0 Å². The van der Waals surface area contributed by atoms with Crippen LogP contribution in [0.15, 0.2) is 12.3 Å². The van der Waals surface area contributed by atoms with Crippen LogP contribution in [0, 0.1) is 11.3 Å². The number of aliphatic carboxylic acids is 1. The van der Waals surface area contributed by atoms with Crippen LogP contribution in [0.2, 0.25) is 0 Å². The second kappa shape index (κ2) is 5.44. The zero-order valence-electron chi connectivity index (χ0n) is 12.8. The van der Waals surface area contributed by atoms with E-state index >= 15 is 0 Å². The smallest absolute Gasteiger partial charge is 0.312 e. The second-order valence-corrected chi connectivity index (χ2v) is 6.56. The Morgan fingerprint density at radius 3 is 3.00 bits per heavy atom. The lowest BCUT2D eigenvalue weighted by Crippen LogP contribution is -2.42. The molecule has 3 atom stereocenters. The summed E-state index contributed by atoms with van der Waals surface area (Å²) in [6.07, 6.45) is 6.11. The first-order valence-electron chi connectivity index (χ1n) is 7.96. The van der Waals surface area contributed by atoms with E-state index in [2.05, 4.69) is 18.9 Å². The molecule has 1 aromatic heterocycles. The lowest BCUT2D eigenvalue weighted by atomic mass is 9.75. The van der Waals surface area contributed by atoms with Crippen LogP contribution in [-0.4, -0.2) is 33.6 Å². The summed E-state index contributed by atoms with van der Waals surface area (Å²) >= 11 is 0. The lowest BCUT2D eigenvalue weighted by molar-refractivity contribution is -0.153. The van der Waals surface area contributed by atoms with E-state index in [0.29, 0.717) is 31.4 Å². The van der Waals surface area contributed by atoms with Crippen molar-refractivity contribution in [3.63, 3.8) is 0 Å². The lowest BCUT2D eigenvalue weighted by Gasteiger charge is -2.29. The molecular formula is C16H24N2O3. The van der Waals surface area contributed by atoms with Gasteiger partial charge in [-0.05, 0) is 44.6 Å². The Kier molecular flexibility index (Phi) is 3.78. The first-order chi connectivity index (χ1) is 10.1. The molecule has 1 saturated heterocycles. The van der Waals surface area contributed by atoms with Crippen molar-refractivity contribution in [2.75, 3.05) is 6.61 Å². The van der Waals surface area contributed by atoms with Crippen LogP contribution < -0.4 is 0 Å². The standard InChI is InChI=1S/C16H24N2O3/c1-3-11(2)18-8-6-13(17-18)10-16(15(19)20)7-9-21-14(16)12-4-5-12/h6,8,11-12,14H,3-5,7,9-10H2,1-2H3,(H,19,20). The summed E-state index contributed by atoms with van der Waals surface area (Å²) in [5, 5.41) is 14.4. The maximum absolute atomic E-state index is 12.0. The van der Waals surface area contributed by atoms with Crippen molar-refractivity contribution in [3.8, 4) is 0 Å². The van der Waals surface area contributed by atoms with Crippen LogP contribution in [0.5, 0.6) is 0 Å². The van der Waals surface area contributed by atoms with Crippen LogP contribution in [0.25, 0.3) is 0 Å². The number of carbonyl (C=O) groups is 1. The van der Waals surface area contributed by atoms with Crippen molar-refractivity contribution < 1.29 is 14.6 Å². The largest absolute Gasteiger partial charge is 0.481 e. The molecule has 2 heterocycles. The molecule has 21 heavy (non-hydrogen) atoms. The first-order valence-corrected chi connectivity index (χ1v) is 7.96. The molecule has 3 rings (SSSR count). The van der Waals surface area contributed by atoms with Gasteiger partial charge in [0.05, 0.1) is 11.8 Å². The molecule has 1 N–H and O–H groups in total. The molecule has 1 saturated carbocycles. The van der Waals surface area contributed by atoms with E-state index in [9.17, 15) is 9.90 Å². The summed E-state index contributed by atoms with van der Waals surface area (Å²) in [6.45, 7) is 4.80. The number of carboxylic acids is 1. The number of rotatable bonds is 6. The van der Waals surface area contributed by atoms with Gasteiger partial charge in [-0.1, -0.05) is 6.92 Å². The minimum Gasteiger partial charge on any atom is -0.481 e. The van der Waals surface area contributed by atoms with Gasteiger partial charge in [-0.3, -0.25) is 9.48 Å². The van der Waals surface area contributed by atoms with E-state index in [-0.39, 0.29) is 6.10 Å². The van der Waals surface area contributed by atoms with Crippen LogP contribution in [0.1, 0.15) is 51.3 Å². The fourth-order valence-electron chi connectivity index (χ4n) is 3.38. The molecule has 0 amide bonds. The van der Waals surface area contributed by atoms with Crippen LogP contribution in [-0.2, 0) is 16.0 Å². The van der Waals surface area contributed by atoms with Gasteiger partial charge in [0.2, 0.25) is 0 Å². The zero-order valence-corrected chi connectivity index (χ0v) is 12.8. The molecular weight excluding hydrogens is 268 g/mol. The van der Waals surface area contributed by atoms with Gasteiger partial charge in [0, 0.05) is 25.3 Å². The highest BCUT2D eigenvalue weighted by Gasteiger charge is 2.56. The Labute approximate surface area is 125 Å². The molecule has 5 heteroatoms. The highest BCUT2D eigenvalue weighted by Crippen LogP contribution is 2.49. The van der Waals surface area contributed by atoms with Crippen LogP contribution >= 0.6 is 0 Å².